The summed E-state index contributed by atoms with van der Waals surface area (Å²) >= 11 is 0. The van der Waals surface area contributed by atoms with Gasteiger partial charge in [-0.1, -0.05) is 31.4 Å². The lowest BCUT2D eigenvalue weighted by atomic mass is 9.93. The van der Waals surface area contributed by atoms with Crippen LogP contribution in [0.5, 0.6) is 11.5 Å². The van der Waals surface area contributed by atoms with E-state index in [1.807, 2.05) is 6.07 Å². The minimum atomic E-state index is -0.307. The lowest BCUT2D eigenvalue weighted by Crippen LogP contribution is -2.41. The fraction of sp³-hybridized carbons (Fsp3) is 0.348. The van der Waals surface area contributed by atoms with Crippen LogP contribution < -0.4 is 9.47 Å². The van der Waals surface area contributed by atoms with Gasteiger partial charge in [0.05, 0.1) is 11.1 Å². The average Bonchev–Trinajstić information content (AvgIpc) is 3.06. The van der Waals surface area contributed by atoms with Crippen molar-refractivity contribution in [3.63, 3.8) is 0 Å². The monoisotopic (exact) mass is 379 g/mol. The highest BCUT2D eigenvalue weighted by Gasteiger charge is 2.35. The molecule has 0 radical (unpaired) electrons. The van der Waals surface area contributed by atoms with E-state index in [9.17, 15) is 9.18 Å². The summed E-state index contributed by atoms with van der Waals surface area (Å²) in [6.45, 7) is 1.32. The maximum Gasteiger partial charge on any atom is 0.231 e. The molecule has 5 rings (SSSR count). The van der Waals surface area contributed by atoms with Crippen molar-refractivity contribution in [1.29, 1.82) is 0 Å². The molecule has 0 unspecified atom stereocenters. The molecule has 3 aliphatic rings. The zero-order valence-corrected chi connectivity index (χ0v) is 15.6. The van der Waals surface area contributed by atoms with E-state index in [1.165, 1.54) is 44.2 Å². The minimum absolute atomic E-state index is 0.142. The molecular weight excluding hydrogens is 357 g/mol. The highest BCUT2D eigenvalue weighted by atomic mass is 19.1. The van der Waals surface area contributed by atoms with Crippen LogP contribution in [-0.2, 0) is 6.54 Å². The maximum absolute atomic E-state index is 13.1. The molecule has 0 bridgehead atoms. The number of hydrogen-bond donors (Lipinski definition) is 0. The Hall–Kier alpha value is -2.66. The summed E-state index contributed by atoms with van der Waals surface area (Å²) in [6.07, 6.45) is 7.90. The zero-order valence-electron chi connectivity index (χ0n) is 15.6. The van der Waals surface area contributed by atoms with E-state index in [2.05, 4.69) is 4.90 Å². The van der Waals surface area contributed by atoms with Crippen molar-refractivity contribution in [1.82, 2.24) is 4.90 Å². The molecule has 28 heavy (non-hydrogen) atoms. The smallest absolute Gasteiger partial charge is 0.231 e. The van der Waals surface area contributed by atoms with Gasteiger partial charge >= 0.3 is 0 Å². The third-order valence-electron chi connectivity index (χ3n) is 5.90. The SMILES string of the molecule is O=C1/C(=C/c2ccc(F)cc2)Oc2c1ccc1c2CN(C2CCCCC2)CO1. The van der Waals surface area contributed by atoms with Crippen LogP contribution >= 0.6 is 0 Å². The third-order valence-corrected chi connectivity index (χ3v) is 5.90. The Morgan fingerprint density at radius 2 is 1.82 bits per heavy atom. The van der Waals surface area contributed by atoms with Crippen molar-refractivity contribution in [3.05, 3.63) is 64.7 Å². The standard InChI is InChI=1S/C23H22FNO3/c24-16-8-6-15(7-9-16)12-21-22(26)18-10-11-20-19(23(18)28-21)13-25(14-27-20)17-4-2-1-3-5-17/h6-12,17H,1-5,13-14H2/b21-12-. The zero-order chi connectivity index (χ0) is 19.1. The maximum atomic E-state index is 13.1. The number of carbonyl (C=O) groups excluding carboxylic acids is 1. The van der Waals surface area contributed by atoms with E-state index in [1.54, 1.807) is 24.3 Å². The van der Waals surface area contributed by atoms with Crippen LogP contribution in [0.4, 0.5) is 4.39 Å². The number of carbonyl (C=O) groups is 1. The minimum Gasteiger partial charge on any atom is -0.478 e. The molecule has 1 fully saturated rings. The molecule has 144 valence electrons. The Labute approximate surface area is 163 Å². The second-order valence-electron chi connectivity index (χ2n) is 7.72. The van der Waals surface area contributed by atoms with Gasteiger partial charge in [-0.2, -0.15) is 0 Å². The van der Waals surface area contributed by atoms with Crippen molar-refractivity contribution in [2.75, 3.05) is 6.73 Å². The summed E-state index contributed by atoms with van der Waals surface area (Å²) in [4.78, 5) is 15.2. The van der Waals surface area contributed by atoms with Crippen LogP contribution in [0.2, 0.25) is 0 Å². The van der Waals surface area contributed by atoms with Gasteiger partial charge in [0.25, 0.3) is 0 Å². The molecule has 0 spiro atoms. The molecule has 1 aliphatic carbocycles. The summed E-state index contributed by atoms with van der Waals surface area (Å²) in [5, 5.41) is 0. The van der Waals surface area contributed by atoms with Crippen LogP contribution in [0.25, 0.3) is 6.08 Å². The number of fused-ring (bicyclic) bond motifs is 3. The predicted molar refractivity (Wildman–Crippen MR) is 104 cm³/mol. The number of allylic oxidation sites excluding steroid dienone is 1. The quantitative estimate of drug-likeness (QED) is 0.694. The van der Waals surface area contributed by atoms with Gasteiger partial charge in [-0.05, 0) is 48.7 Å². The number of ketones is 1. The molecular formula is C23H22FNO3. The molecule has 4 nitrogen and oxygen atoms in total. The van der Waals surface area contributed by atoms with E-state index in [4.69, 9.17) is 9.47 Å². The van der Waals surface area contributed by atoms with Crippen LogP contribution in [0.3, 0.4) is 0 Å². The van der Waals surface area contributed by atoms with E-state index < -0.39 is 0 Å². The first-order chi connectivity index (χ1) is 13.7. The van der Waals surface area contributed by atoms with Crippen LogP contribution in [-0.4, -0.2) is 23.5 Å². The van der Waals surface area contributed by atoms with E-state index in [0.29, 0.717) is 24.1 Å². The number of Topliss-reactive ketones (excluding diaryl/α,β-unsaturated/α-hetero) is 1. The molecule has 5 heteroatoms. The molecule has 2 aromatic rings. The molecule has 0 saturated heterocycles. The molecule has 2 aliphatic heterocycles. The van der Waals surface area contributed by atoms with E-state index >= 15 is 0 Å². The summed E-state index contributed by atoms with van der Waals surface area (Å²) < 4.78 is 25.1. The number of benzene rings is 2. The molecule has 0 amide bonds. The molecule has 2 heterocycles. The van der Waals surface area contributed by atoms with E-state index in [-0.39, 0.29) is 17.4 Å². The third kappa shape index (κ3) is 3.10. The lowest BCUT2D eigenvalue weighted by Gasteiger charge is -2.37. The van der Waals surface area contributed by atoms with Gasteiger partial charge in [0.15, 0.2) is 5.76 Å². The molecule has 0 atom stereocenters. The van der Waals surface area contributed by atoms with Gasteiger partial charge in [-0.25, -0.2) is 4.39 Å². The Morgan fingerprint density at radius 1 is 1.04 bits per heavy atom. The first kappa shape index (κ1) is 17.4. The van der Waals surface area contributed by atoms with Gasteiger partial charge < -0.3 is 9.47 Å². The molecule has 0 N–H and O–H groups in total. The number of hydrogen-bond acceptors (Lipinski definition) is 4. The van der Waals surface area contributed by atoms with Gasteiger partial charge in [0, 0.05) is 12.6 Å². The Kier molecular flexibility index (Phi) is 4.40. The number of ether oxygens (including phenoxy) is 2. The molecule has 1 saturated carbocycles. The Balaban J connectivity index is 1.44. The second kappa shape index (κ2) is 7.06. The van der Waals surface area contributed by atoms with Crippen molar-refractivity contribution < 1.29 is 18.7 Å². The number of rotatable bonds is 2. The van der Waals surface area contributed by atoms with Crippen molar-refractivity contribution in [3.8, 4) is 11.5 Å². The Morgan fingerprint density at radius 3 is 2.61 bits per heavy atom. The van der Waals surface area contributed by atoms with Gasteiger partial charge in [0.2, 0.25) is 5.78 Å². The average molecular weight is 379 g/mol. The first-order valence-electron chi connectivity index (χ1n) is 9.91. The first-order valence-corrected chi connectivity index (χ1v) is 9.91. The normalized spacial score (nSPS) is 21.2. The van der Waals surface area contributed by atoms with Gasteiger partial charge in [-0.3, -0.25) is 9.69 Å². The lowest BCUT2D eigenvalue weighted by molar-refractivity contribution is 0.0394. The van der Waals surface area contributed by atoms with Crippen molar-refractivity contribution >= 4 is 11.9 Å². The predicted octanol–water partition coefficient (Wildman–Crippen LogP) is 4.93. The van der Waals surface area contributed by atoms with Gasteiger partial charge in [0.1, 0.15) is 24.0 Å². The van der Waals surface area contributed by atoms with Crippen molar-refractivity contribution in [2.45, 2.75) is 44.7 Å². The summed E-state index contributed by atoms with van der Waals surface area (Å²) in [5.74, 6) is 1.22. The molecule has 0 aromatic heterocycles. The van der Waals surface area contributed by atoms with Crippen LogP contribution in [0, 0.1) is 5.82 Å². The van der Waals surface area contributed by atoms with Gasteiger partial charge in [-0.15, -0.1) is 0 Å². The number of halogens is 1. The summed E-state index contributed by atoms with van der Waals surface area (Å²) in [7, 11) is 0. The van der Waals surface area contributed by atoms with Crippen molar-refractivity contribution in [2.24, 2.45) is 0 Å². The summed E-state index contributed by atoms with van der Waals surface area (Å²) in [5.41, 5.74) is 2.25. The largest absolute Gasteiger partial charge is 0.478 e. The second-order valence-corrected chi connectivity index (χ2v) is 7.72. The number of nitrogens with zero attached hydrogens (tertiary/aromatic N) is 1. The topological polar surface area (TPSA) is 38.8 Å². The van der Waals surface area contributed by atoms with E-state index in [0.717, 1.165) is 23.4 Å². The van der Waals surface area contributed by atoms with Crippen LogP contribution in [0.15, 0.2) is 42.2 Å². The fourth-order valence-electron chi connectivity index (χ4n) is 4.37. The highest BCUT2D eigenvalue weighted by molar-refractivity contribution is 6.15. The van der Waals surface area contributed by atoms with Crippen LogP contribution in [0.1, 0.15) is 53.6 Å². The Bertz CT molecular complexity index is 945. The highest BCUT2D eigenvalue weighted by Crippen LogP contribution is 2.43. The fourth-order valence-corrected chi connectivity index (χ4v) is 4.37. The summed E-state index contributed by atoms with van der Waals surface area (Å²) in [6, 6.07) is 10.2. The molecule has 2 aromatic carbocycles.